The van der Waals surface area contributed by atoms with Gasteiger partial charge >= 0.3 is 0 Å². The Balaban J connectivity index is 2.15. The molecule has 1 aliphatic rings. The maximum Gasteiger partial charge on any atom is 0.199 e. The van der Waals surface area contributed by atoms with Gasteiger partial charge in [0, 0.05) is 19.1 Å². The Morgan fingerprint density at radius 3 is 2.33 bits per heavy atom. The highest BCUT2D eigenvalue weighted by Crippen LogP contribution is 2.40. The quantitative estimate of drug-likeness (QED) is 0.804. The molecule has 0 radical (unpaired) electrons. The van der Waals surface area contributed by atoms with Gasteiger partial charge in [-0.15, -0.1) is 0 Å². The van der Waals surface area contributed by atoms with Crippen LogP contribution >= 0.6 is 0 Å². The predicted molar refractivity (Wildman–Crippen MR) is 69.6 cm³/mol. The van der Waals surface area contributed by atoms with Gasteiger partial charge in [-0.1, -0.05) is 54.6 Å². The second-order valence-corrected chi connectivity index (χ2v) is 4.56. The molecule has 90 valence electrons. The zero-order valence-electron chi connectivity index (χ0n) is 10.2. The van der Waals surface area contributed by atoms with Crippen molar-refractivity contribution in [3.63, 3.8) is 0 Å². The van der Waals surface area contributed by atoms with Gasteiger partial charge in [0.2, 0.25) is 0 Å². The Kier molecular flexibility index (Phi) is 2.53. The number of carbonyl (C=O) groups excluding carboxylic acids is 1. The van der Waals surface area contributed by atoms with Crippen molar-refractivity contribution in [3.05, 3.63) is 71.3 Å². The normalized spacial score (nSPS) is 21.9. The number of carbonyl (C=O) groups is 1. The Bertz CT molecular complexity index is 589. The Morgan fingerprint density at radius 1 is 1.00 bits per heavy atom. The number of ketones is 1. The molecule has 18 heavy (non-hydrogen) atoms. The molecule has 0 heterocycles. The van der Waals surface area contributed by atoms with Gasteiger partial charge in [-0.2, -0.15) is 0 Å². The van der Waals surface area contributed by atoms with E-state index in [1.165, 1.54) is 0 Å². The fraction of sp³-hybridized carbons (Fsp3) is 0.188. The molecule has 1 atom stereocenters. The SMILES string of the molecule is COC1(c2ccccc2)Cc2ccccc2C1=O. The van der Waals surface area contributed by atoms with Gasteiger partial charge in [-0.3, -0.25) is 4.79 Å². The Morgan fingerprint density at radius 2 is 1.67 bits per heavy atom. The van der Waals surface area contributed by atoms with Crippen LogP contribution in [0.25, 0.3) is 0 Å². The average Bonchev–Trinajstić information content (AvgIpc) is 2.74. The summed E-state index contributed by atoms with van der Waals surface area (Å²) in [4.78, 5) is 12.6. The van der Waals surface area contributed by atoms with Crippen molar-refractivity contribution in [2.75, 3.05) is 7.11 Å². The number of hydrogen-bond acceptors (Lipinski definition) is 2. The van der Waals surface area contributed by atoms with E-state index in [9.17, 15) is 4.79 Å². The number of ether oxygens (including phenoxy) is 1. The highest BCUT2D eigenvalue weighted by Gasteiger charge is 2.46. The summed E-state index contributed by atoms with van der Waals surface area (Å²) >= 11 is 0. The zero-order valence-corrected chi connectivity index (χ0v) is 10.2. The minimum atomic E-state index is -0.842. The maximum atomic E-state index is 12.6. The molecular formula is C16H14O2. The van der Waals surface area contributed by atoms with Crippen LogP contribution in [-0.4, -0.2) is 12.9 Å². The summed E-state index contributed by atoms with van der Waals surface area (Å²) in [5.41, 5.74) is 1.93. The number of rotatable bonds is 2. The van der Waals surface area contributed by atoms with Crippen molar-refractivity contribution in [1.29, 1.82) is 0 Å². The number of fused-ring (bicyclic) bond motifs is 1. The first-order chi connectivity index (χ1) is 8.78. The lowest BCUT2D eigenvalue weighted by Crippen LogP contribution is -2.35. The second kappa shape index (κ2) is 4.07. The van der Waals surface area contributed by atoms with Crippen LogP contribution in [0, 0.1) is 0 Å². The molecule has 0 saturated carbocycles. The molecule has 2 aromatic rings. The minimum Gasteiger partial charge on any atom is -0.365 e. The molecule has 1 aliphatic carbocycles. The number of methoxy groups -OCH3 is 1. The van der Waals surface area contributed by atoms with E-state index in [0.717, 1.165) is 16.7 Å². The van der Waals surface area contributed by atoms with Crippen LogP contribution in [0.15, 0.2) is 54.6 Å². The van der Waals surface area contributed by atoms with Crippen molar-refractivity contribution in [2.24, 2.45) is 0 Å². The molecule has 0 saturated heterocycles. The highest BCUT2D eigenvalue weighted by molar-refractivity contribution is 6.07. The highest BCUT2D eigenvalue weighted by atomic mass is 16.5. The monoisotopic (exact) mass is 238 g/mol. The summed E-state index contributed by atoms with van der Waals surface area (Å²) in [7, 11) is 1.61. The van der Waals surface area contributed by atoms with Crippen molar-refractivity contribution in [2.45, 2.75) is 12.0 Å². The van der Waals surface area contributed by atoms with Crippen molar-refractivity contribution < 1.29 is 9.53 Å². The van der Waals surface area contributed by atoms with Crippen LogP contribution in [-0.2, 0) is 16.8 Å². The van der Waals surface area contributed by atoms with E-state index < -0.39 is 5.60 Å². The van der Waals surface area contributed by atoms with E-state index in [-0.39, 0.29) is 5.78 Å². The third-order valence-electron chi connectivity index (χ3n) is 3.66. The molecule has 0 bridgehead atoms. The molecule has 1 unspecified atom stereocenters. The summed E-state index contributed by atoms with van der Waals surface area (Å²) in [5, 5.41) is 0. The summed E-state index contributed by atoms with van der Waals surface area (Å²) in [6.45, 7) is 0. The van der Waals surface area contributed by atoms with E-state index >= 15 is 0 Å². The first-order valence-electron chi connectivity index (χ1n) is 6.01. The molecule has 2 heteroatoms. The Labute approximate surface area is 106 Å². The summed E-state index contributed by atoms with van der Waals surface area (Å²) in [6, 6.07) is 17.5. The molecule has 0 fully saturated rings. The van der Waals surface area contributed by atoms with Crippen LogP contribution in [0.4, 0.5) is 0 Å². The van der Waals surface area contributed by atoms with Gasteiger partial charge in [0.15, 0.2) is 11.4 Å². The van der Waals surface area contributed by atoms with Crippen LogP contribution in [0.3, 0.4) is 0 Å². The molecule has 0 aliphatic heterocycles. The van der Waals surface area contributed by atoms with Gasteiger partial charge in [0.25, 0.3) is 0 Å². The third kappa shape index (κ3) is 1.42. The lowest BCUT2D eigenvalue weighted by molar-refractivity contribution is 0.00452. The van der Waals surface area contributed by atoms with E-state index in [1.54, 1.807) is 7.11 Å². The maximum absolute atomic E-state index is 12.6. The van der Waals surface area contributed by atoms with E-state index in [2.05, 4.69) is 0 Å². The van der Waals surface area contributed by atoms with Gasteiger partial charge in [-0.25, -0.2) is 0 Å². The van der Waals surface area contributed by atoms with Gasteiger partial charge in [0.1, 0.15) is 0 Å². The fourth-order valence-corrected chi connectivity index (χ4v) is 2.69. The van der Waals surface area contributed by atoms with Crippen molar-refractivity contribution in [3.8, 4) is 0 Å². The summed E-state index contributed by atoms with van der Waals surface area (Å²) < 4.78 is 5.63. The second-order valence-electron chi connectivity index (χ2n) is 4.56. The standard InChI is InChI=1S/C16H14O2/c1-18-16(13-8-3-2-4-9-13)11-12-7-5-6-10-14(12)15(16)17/h2-10H,11H2,1H3. The van der Waals surface area contributed by atoms with Crippen molar-refractivity contribution >= 4 is 5.78 Å². The van der Waals surface area contributed by atoms with Gasteiger partial charge in [0.05, 0.1) is 0 Å². The van der Waals surface area contributed by atoms with Crippen LogP contribution in [0.2, 0.25) is 0 Å². The lowest BCUT2D eigenvalue weighted by atomic mass is 9.89. The molecule has 0 aromatic heterocycles. The molecule has 2 aromatic carbocycles. The van der Waals surface area contributed by atoms with Gasteiger partial charge in [-0.05, 0) is 11.1 Å². The predicted octanol–water partition coefficient (Wildman–Crippen LogP) is 2.97. The smallest absolute Gasteiger partial charge is 0.199 e. The zero-order chi connectivity index (χ0) is 12.6. The Hall–Kier alpha value is -1.93. The fourth-order valence-electron chi connectivity index (χ4n) is 2.69. The minimum absolute atomic E-state index is 0.0619. The summed E-state index contributed by atoms with van der Waals surface area (Å²) in [6.07, 6.45) is 0.614. The first kappa shape index (κ1) is 11.2. The van der Waals surface area contributed by atoms with Crippen LogP contribution in [0.5, 0.6) is 0 Å². The third-order valence-corrected chi connectivity index (χ3v) is 3.66. The molecule has 0 amide bonds. The van der Waals surface area contributed by atoms with Gasteiger partial charge < -0.3 is 4.74 Å². The molecule has 2 nitrogen and oxygen atoms in total. The number of Topliss-reactive ketones (excluding diaryl/α,β-unsaturated/α-hetero) is 1. The topological polar surface area (TPSA) is 26.3 Å². The van der Waals surface area contributed by atoms with Crippen LogP contribution < -0.4 is 0 Å². The number of benzene rings is 2. The van der Waals surface area contributed by atoms with E-state index in [4.69, 9.17) is 4.74 Å². The average molecular weight is 238 g/mol. The molecule has 3 rings (SSSR count). The van der Waals surface area contributed by atoms with Crippen LogP contribution in [0.1, 0.15) is 21.5 Å². The van der Waals surface area contributed by atoms with Crippen molar-refractivity contribution in [1.82, 2.24) is 0 Å². The lowest BCUT2D eigenvalue weighted by Gasteiger charge is -2.26. The van der Waals surface area contributed by atoms with E-state index in [1.807, 2.05) is 54.6 Å². The molecule has 0 N–H and O–H groups in total. The van der Waals surface area contributed by atoms with E-state index in [0.29, 0.717) is 6.42 Å². The number of hydrogen-bond donors (Lipinski definition) is 0. The largest absolute Gasteiger partial charge is 0.365 e. The first-order valence-corrected chi connectivity index (χ1v) is 6.01. The molecule has 0 spiro atoms. The summed E-state index contributed by atoms with van der Waals surface area (Å²) in [5.74, 6) is 0.0619. The molecular weight excluding hydrogens is 224 g/mol.